The van der Waals surface area contributed by atoms with Gasteiger partial charge < -0.3 is 15.5 Å². The first-order chi connectivity index (χ1) is 12.4. The number of nitrogens with zero attached hydrogens (tertiary/aromatic N) is 3. The number of aromatic nitrogens is 2. The van der Waals surface area contributed by atoms with Crippen molar-refractivity contribution in [2.45, 2.75) is 31.6 Å². The Kier molecular flexibility index (Phi) is 5.11. The molecule has 5 nitrogen and oxygen atoms in total. The smallest absolute Gasteiger partial charge is 0.129 e. The monoisotopic (exact) mass is 337 g/mol. The van der Waals surface area contributed by atoms with E-state index in [-0.39, 0.29) is 0 Å². The Balaban J connectivity index is 1.35. The van der Waals surface area contributed by atoms with E-state index in [0.717, 1.165) is 44.2 Å². The third-order valence-electron chi connectivity index (χ3n) is 5.30. The van der Waals surface area contributed by atoms with Crippen LogP contribution < -0.4 is 15.5 Å². The highest BCUT2D eigenvalue weighted by Gasteiger charge is 2.18. The molecule has 2 aliphatic rings. The molecule has 0 radical (unpaired) electrons. The average molecular weight is 337 g/mol. The number of nitrogens with one attached hydrogen (secondary N) is 2. The summed E-state index contributed by atoms with van der Waals surface area (Å²) >= 11 is 0. The summed E-state index contributed by atoms with van der Waals surface area (Å²) in [7, 11) is 0. The second-order valence-electron chi connectivity index (χ2n) is 7.02. The lowest BCUT2D eigenvalue weighted by atomic mass is 9.96. The number of aryl methyl sites for hydroxylation is 1. The van der Waals surface area contributed by atoms with Crippen LogP contribution in [-0.2, 0) is 6.42 Å². The van der Waals surface area contributed by atoms with Crippen LogP contribution in [-0.4, -0.2) is 42.7 Å². The van der Waals surface area contributed by atoms with Crippen molar-refractivity contribution in [2.24, 2.45) is 0 Å². The fourth-order valence-corrected chi connectivity index (χ4v) is 3.96. The van der Waals surface area contributed by atoms with Crippen molar-refractivity contribution >= 4 is 11.5 Å². The molecule has 0 amide bonds. The molecule has 0 bridgehead atoms. The average Bonchev–Trinajstić information content (AvgIpc) is 2.69. The number of hydrogen-bond donors (Lipinski definition) is 2. The van der Waals surface area contributed by atoms with E-state index in [9.17, 15) is 0 Å². The zero-order valence-corrected chi connectivity index (χ0v) is 14.7. The molecule has 1 fully saturated rings. The molecule has 1 atom stereocenters. The van der Waals surface area contributed by atoms with Crippen LogP contribution in [0.1, 0.15) is 36.4 Å². The number of para-hydroxylation sites is 1. The van der Waals surface area contributed by atoms with Crippen molar-refractivity contribution in [3.05, 3.63) is 47.9 Å². The SMILES string of the molecule is c1ccc2c(c1)CCCN2CCNc1cc(C2CCCNC2)ncn1. The van der Waals surface area contributed by atoms with Crippen LogP contribution in [0.5, 0.6) is 0 Å². The van der Waals surface area contributed by atoms with Crippen LogP contribution in [0.15, 0.2) is 36.7 Å². The Morgan fingerprint density at radius 3 is 3.08 bits per heavy atom. The maximum atomic E-state index is 4.49. The highest BCUT2D eigenvalue weighted by atomic mass is 15.2. The minimum atomic E-state index is 0.520. The molecule has 1 unspecified atom stereocenters. The third kappa shape index (κ3) is 3.93. The summed E-state index contributed by atoms with van der Waals surface area (Å²) < 4.78 is 0. The lowest BCUT2D eigenvalue weighted by molar-refractivity contribution is 0.454. The predicted octanol–water partition coefficient (Wildman–Crippen LogP) is 2.81. The summed E-state index contributed by atoms with van der Waals surface area (Å²) in [6.07, 6.45) is 6.58. The summed E-state index contributed by atoms with van der Waals surface area (Å²) in [4.78, 5) is 11.4. The van der Waals surface area contributed by atoms with Gasteiger partial charge in [0.1, 0.15) is 12.1 Å². The van der Waals surface area contributed by atoms with E-state index < -0.39 is 0 Å². The summed E-state index contributed by atoms with van der Waals surface area (Å²) in [5.74, 6) is 1.46. The second-order valence-corrected chi connectivity index (χ2v) is 7.02. The number of piperidine rings is 1. The van der Waals surface area contributed by atoms with Crippen molar-refractivity contribution in [1.29, 1.82) is 0 Å². The lowest BCUT2D eigenvalue weighted by Crippen LogP contribution is -2.33. The van der Waals surface area contributed by atoms with Crippen molar-refractivity contribution in [3.8, 4) is 0 Å². The molecular weight excluding hydrogens is 310 g/mol. The van der Waals surface area contributed by atoms with Crippen LogP contribution >= 0.6 is 0 Å². The Labute approximate surface area is 149 Å². The van der Waals surface area contributed by atoms with Crippen LogP contribution in [0.25, 0.3) is 0 Å². The third-order valence-corrected chi connectivity index (χ3v) is 5.30. The first-order valence-corrected chi connectivity index (χ1v) is 9.49. The largest absolute Gasteiger partial charge is 0.370 e. The van der Waals surface area contributed by atoms with E-state index in [2.05, 4.69) is 55.8 Å². The molecule has 2 aliphatic heterocycles. The van der Waals surface area contributed by atoms with Gasteiger partial charge in [-0.15, -0.1) is 0 Å². The zero-order chi connectivity index (χ0) is 16.9. The Morgan fingerprint density at radius 1 is 1.20 bits per heavy atom. The molecule has 1 aromatic heterocycles. The van der Waals surface area contributed by atoms with Gasteiger partial charge >= 0.3 is 0 Å². The fraction of sp³-hybridized carbons (Fsp3) is 0.500. The van der Waals surface area contributed by atoms with Crippen molar-refractivity contribution in [1.82, 2.24) is 15.3 Å². The maximum absolute atomic E-state index is 4.49. The van der Waals surface area contributed by atoms with Gasteiger partial charge in [-0.2, -0.15) is 0 Å². The highest BCUT2D eigenvalue weighted by Crippen LogP contribution is 2.26. The fourth-order valence-electron chi connectivity index (χ4n) is 3.96. The van der Waals surface area contributed by atoms with Gasteiger partial charge in [0.25, 0.3) is 0 Å². The number of benzene rings is 1. The molecule has 0 spiro atoms. The molecule has 25 heavy (non-hydrogen) atoms. The van der Waals surface area contributed by atoms with Gasteiger partial charge in [-0.05, 0) is 43.9 Å². The topological polar surface area (TPSA) is 53.1 Å². The standard InChI is InChI=1S/C20H27N5/c1-2-8-19-16(5-1)7-4-11-25(19)12-10-22-20-13-18(23-15-24-20)17-6-3-9-21-14-17/h1-2,5,8,13,15,17,21H,3-4,6-7,9-12,14H2,(H,22,23,24). The molecule has 2 aromatic rings. The van der Waals surface area contributed by atoms with Crippen molar-refractivity contribution in [3.63, 3.8) is 0 Å². The minimum Gasteiger partial charge on any atom is -0.370 e. The first-order valence-electron chi connectivity index (χ1n) is 9.49. The van der Waals surface area contributed by atoms with E-state index in [1.54, 1.807) is 6.33 Å². The summed E-state index contributed by atoms with van der Waals surface area (Å²) in [6.45, 7) is 5.20. The normalized spacial score (nSPS) is 20.2. The van der Waals surface area contributed by atoms with Gasteiger partial charge in [0.15, 0.2) is 0 Å². The van der Waals surface area contributed by atoms with Crippen LogP contribution in [0, 0.1) is 0 Å². The number of fused-ring (bicyclic) bond motifs is 1. The van der Waals surface area contributed by atoms with E-state index in [0.29, 0.717) is 5.92 Å². The molecule has 3 heterocycles. The van der Waals surface area contributed by atoms with Crippen molar-refractivity contribution < 1.29 is 0 Å². The van der Waals surface area contributed by atoms with E-state index >= 15 is 0 Å². The molecule has 5 heteroatoms. The van der Waals surface area contributed by atoms with E-state index in [1.165, 1.54) is 36.9 Å². The Morgan fingerprint density at radius 2 is 2.16 bits per heavy atom. The van der Waals surface area contributed by atoms with Gasteiger partial charge in [-0.3, -0.25) is 0 Å². The van der Waals surface area contributed by atoms with E-state index in [4.69, 9.17) is 0 Å². The molecule has 2 N–H and O–H groups in total. The van der Waals surface area contributed by atoms with Crippen molar-refractivity contribution in [2.75, 3.05) is 42.9 Å². The lowest BCUT2D eigenvalue weighted by Gasteiger charge is -2.31. The molecule has 0 aliphatic carbocycles. The Hall–Kier alpha value is -2.14. The number of anilines is 2. The van der Waals surface area contributed by atoms with Gasteiger partial charge in [0.05, 0.1) is 5.69 Å². The summed E-state index contributed by atoms with van der Waals surface area (Å²) in [5.41, 5.74) is 4.03. The first kappa shape index (κ1) is 16.3. The number of hydrogen-bond acceptors (Lipinski definition) is 5. The maximum Gasteiger partial charge on any atom is 0.129 e. The Bertz CT molecular complexity index is 696. The predicted molar refractivity (Wildman–Crippen MR) is 102 cm³/mol. The van der Waals surface area contributed by atoms with E-state index in [1.807, 2.05) is 0 Å². The molecule has 1 aromatic carbocycles. The zero-order valence-electron chi connectivity index (χ0n) is 14.7. The molecule has 1 saturated heterocycles. The molecule has 132 valence electrons. The molecule has 0 saturated carbocycles. The van der Waals surface area contributed by atoms with Crippen LogP contribution in [0.2, 0.25) is 0 Å². The molecule has 4 rings (SSSR count). The number of rotatable bonds is 5. The highest BCUT2D eigenvalue weighted by molar-refractivity contribution is 5.55. The summed E-state index contributed by atoms with van der Waals surface area (Å²) in [5, 5.41) is 6.95. The van der Waals surface area contributed by atoms with Gasteiger partial charge in [-0.1, -0.05) is 18.2 Å². The second kappa shape index (κ2) is 7.83. The van der Waals surface area contributed by atoms with Crippen LogP contribution in [0.3, 0.4) is 0 Å². The minimum absolute atomic E-state index is 0.520. The quantitative estimate of drug-likeness (QED) is 0.879. The van der Waals surface area contributed by atoms with Gasteiger partial charge in [0.2, 0.25) is 0 Å². The molecular formula is C20H27N5. The van der Waals surface area contributed by atoms with Crippen LogP contribution in [0.4, 0.5) is 11.5 Å². The van der Waals surface area contributed by atoms with Gasteiger partial charge in [0, 0.05) is 43.9 Å². The van der Waals surface area contributed by atoms with Gasteiger partial charge in [-0.25, -0.2) is 9.97 Å². The summed E-state index contributed by atoms with van der Waals surface area (Å²) in [6, 6.07) is 10.9.